The van der Waals surface area contributed by atoms with Gasteiger partial charge in [-0.05, 0) is 23.8 Å². The van der Waals surface area contributed by atoms with E-state index < -0.39 is 0 Å². The molecule has 0 heterocycles. The molecule has 0 radical (unpaired) electrons. The van der Waals surface area contributed by atoms with Crippen LogP contribution in [0.25, 0.3) is 6.08 Å². The van der Waals surface area contributed by atoms with Crippen LogP contribution in [0, 0.1) is 11.3 Å². The van der Waals surface area contributed by atoms with Crippen molar-refractivity contribution in [3.63, 3.8) is 0 Å². The zero-order valence-electron chi connectivity index (χ0n) is 9.18. The summed E-state index contributed by atoms with van der Waals surface area (Å²) in [5, 5.41) is 12.4. The number of hydrogen-bond acceptors (Lipinski definition) is 4. The van der Waals surface area contributed by atoms with Gasteiger partial charge in [0, 0.05) is 0 Å². The summed E-state index contributed by atoms with van der Waals surface area (Å²) >= 11 is 0. The van der Waals surface area contributed by atoms with Gasteiger partial charge < -0.3 is 9.57 Å². The molecule has 1 rings (SSSR count). The normalized spacial score (nSPS) is 11.2. The average molecular weight is 216 g/mol. The average Bonchev–Trinajstić information content (AvgIpc) is 2.35. The molecule has 0 spiro atoms. The van der Waals surface area contributed by atoms with Crippen LogP contribution in [-0.4, -0.2) is 20.4 Å². The number of methoxy groups -OCH3 is 1. The van der Waals surface area contributed by atoms with Crippen LogP contribution in [-0.2, 0) is 4.84 Å². The van der Waals surface area contributed by atoms with E-state index in [1.807, 2.05) is 30.3 Å². The maximum atomic E-state index is 8.82. The summed E-state index contributed by atoms with van der Waals surface area (Å²) in [6, 6.07) is 9.39. The van der Waals surface area contributed by atoms with E-state index >= 15 is 0 Å². The maximum absolute atomic E-state index is 8.82. The third-order valence-electron chi connectivity index (χ3n) is 1.86. The number of nitrogens with zero attached hydrogens (tertiary/aromatic N) is 2. The largest absolute Gasteiger partial charge is 0.497 e. The van der Waals surface area contributed by atoms with Gasteiger partial charge in [0.15, 0.2) is 0 Å². The molecular formula is C12H12N2O2. The Kier molecular flexibility index (Phi) is 4.61. The topological polar surface area (TPSA) is 54.6 Å². The molecular weight excluding hydrogens is 204 g/mol. The first-order chi connectivity index (χ1) is 7.80. The van der Waals surface area contributed by atoms with Gasteiger partial charge in [-0.3, -0.25) is 0 Å². The quantitative estimate of drug-likeness (QED) is 0.440. The molecule has 0 atom stereocenters. The predicted octanol–water partition coefficient (Wildman–Crippen LogP) is 2.23. The van der Waals surface area contributed by atoms with Crippen molar-refractivity contribution in [3.8, 4) is 11.8 Å². The highest BCUT2D eigenvalue weighted by Gasteiger charge is 1.94. The second-order valence-electron chi connectivity index (χ2n) is 2.90. The minimum Gasteiger partial charge on any atom is -0.497 e. The summed E-state index contributed by atoms with van der Waals surface area (Å²) in [7, 11) is 3.04. The lowest BCUT2D eigenvalue weighted by atomic mass is 10.1. The molecule has 0 aliphatic heterocycles. The fourth-order valence-corrected chi connectivity index (χ4v) is 1.09. The molecule has 0 saturated heterocycles. The van der Waals surface area contributed by atoms with Gasteiger partial charge >= 0.3 is 0 Å². The summed E-state index contributed by atoms with van der Waals surface area (Å²) in [6.07, 6.45) is 3.08. The fourth-order valence-electron chi connectivity index (χ4n) is 1.09. The Bertz CT molecular complexity index is 427. The van der Waals surface area contributed by atoms with Crippen LogP contribution >= 0.6 is 0 Å². The molecule has 0 amide bonds. The van der Waals surface area contributed by atoms with Gasteiger partial charge in [-0.25, -0.2) is 0 Å². The van der Waals surface area contributed by atoms with Crippen molar-refractivity contribution in [2.45, 2.75) is 0 Å². The highest BCUT2D eigenvalue weighted by Crippen LogP contribution is 2.13. The van der Waals surface area contributed by atoms with E-state index in [0.29, 0.717) is 5.57 Å². The van der Waals surface area contributed by atoms with Crippen LogP contribution in [0.3, 0.4) is 0 Å². The summed E-state index contributed by atoms with van der Waals surface area (Å²) in [6.45, 7) is 0. The van der Waals surface area contributed by atoms with E-state index in [4.69, 9.17) is 10.00 Å². The minimum atomic E-state index is 0.423. The molecule has 0 aliphatic rings. The van der Waals surface area contributed by atoms with Crippen molar-refractivity contribution in [3.05, 3.63) is 35.4 Å². The number of rotatable bonds is 4. The van der Waals surface area contributed by atoms with Crippen LogP contribution in [0.2, 0.25) is 0 Å². The van der Waals surface area contributed by atoms with Crippen LogP contribution in [0.15, 0.2) is 35.0 Å². The smallest absolute Gasteiger partial charge is 0.118 e. The molecule has 4 nitrogen and oxygen atoms in total. The number of nitriles is 1. The van der Waals surface area contributed by atoms with Crippen molar-refractivity contribution in [1.82, 2.24) is 0 Å². The molecule has 4 heteroatoms. The van der Waals surface area contributed by atoms with E-state index in [1.165, 1.54) is 13.3 Å². The Morgan fingerprint density at radius 1 is 1.31 bits per heavy atom. The summed E-state index contributed by atoms with van der Waals surface area (Å²) in [5.74, 6) is 0.779. The van der Waals surface area contributed by atoms with Crippen LogP contribution in [0.1, 0.15) is 5.56 Å². The molecule has 0 saturated carbocycles. The lowest BCUT2D eigenvalue weighted by molar-refractivity contribution is 0.215. The van der Waals surface area contributed by atoms with Crippen LogP contribution < -0.4 is 4.74 Å². The molecule has 0 aromatic heterocycles. The van der Waals surface area contributed by atoms with E-state index in [0.717, 1.165) is 11.3 Å². The molecule has 0 fully saturated rings. The van der Waals surface area contributed by atoms with Crippen molar-refractivity contribution >= 4 is 12.3 Å². The van der Waals surface area contributed by atoms with E-state index in [-0.39, 0.29) is 0 Å². The second-order valence-corrected chi connectivity index (χ2v) is 2.90. The third-order valence-corrected chi connectivity index (χ3v) is 1.86. The van der Waals surface area contributed by atoms with E-state index in [2.05, 4.69) is 9.99 Å². The van der Waals surface area contributed by atoms with Gasteiger partial charge in [-0.15, -0.1) is 0 Å². The molecule has 82 valence electrons. The molecule has 0 aliphatic carbocycles. The van der Waals surface area contributed by atoms with Crippen molar-refractivity contribution in [1.29, 1.82) is 5.26 Å². The first kappa shape index (κ1) is 11.8. The maximum Gasteiger partial charge on any atom is 0.118 e. The molecule has 1 aromatic rings. The first-order valence-electron chi connectivity index (χ1n) is 4.62. The van der Waals surface area contributed by atoms with Gasteiger partial charge in [-0.1, -0.05) is 17.3 Å². The minimum absolute atomic E-state index is 0.423. The van der Waals surface area contributed by atoms with Crippen molar-refractivity contribution in [2.75, 3.05) is 14.2 Å². The Morgan fingerprint density at radius 2 is 2.00 bits per heavy atom. The Hall–Kier alpha value is -2.28. The van der Waals surface area contributed by atoms with Crippen LogP contribution in [0.4, 0.5) is 0 Å². The summed E-state index contributed by atoms with van der Waals surface area (Å²) < 4.78 is 5.03. The van der Waals surface area contributed by atoms with Gasteiger partial charge in [0.25, 0.3) is 0 Å². The third kappa shape index (κ3) is 3.46. The highest BCUT2D eigenvalue weighted by molar-refractivity contribution is 5.90. The predicted molar refractivity (Wildman–Crippen MR) is 62.1 cm³/mol. The van der Waals surface area contributed by atoms with Crippen molar-refractivity contribution < 1.29 is 9.57 Å². The molecule has 0 N–H and O–H groups in total. The number of hydrogen-bond donors (Lipinski definition) is 0. The lowest BCUT2D eigenvalue weighted by Gasteiger charge is -1.99. The Morgan fingerprint density at radius 3 is 2.50 bits per heavy atom. The molecule has 0 bridgehead atoms. The molecule has 16 heavy (non-hydrogen) atoms. The van der Waals surface area contributed by atoms with Gasteiger partial charge in [-0.2, -0.15) is 5.26 Å². The summed E-state index contributed by atoms with van der Waals surface area (Å²) in [5.41, 5.74) is 1.33. The van der Waals surface area contributed by atoms with Gasteiger partial charge in [0.05, 0.1) is 18.9 Å². The first-order valence-corrected chi connectivity index (χ1v) is 4.62. The SMILES string of the molecule is CO/N=C\C(C#N)=C/c1ccc(OC)cc1. The molecule has 1 aromatic carbocycles. The number of allylic oxidation sites excluding steroid dienone is 1. The molecule has 0 unspecified atom stereocenters. The van der Waals surface area contributed by atoms with Gasteiger partial charge in [0.2, 0.25) is 0 Å². The Balaban J connectivity index is 2.87. The van der Waals surface area contributed by atoms with E-state index in [1.54, 1.807) is 13.2 Å². The zero-order valence-corrected chi connectivity index (χ0v) is 9.18. The van der Waals surface area contributed by atoms with E-state index in [9.17, 15) is 0 Å². The number of oxime groups is 1. The summed E-state index contributed by atoms with van der Waals surface area (Å²) in [4.78, 5) is 4.51. The van der Waals surface area contributed by atoms with Crippen molar-refractivity contribution in [2.24, 2.45) is 5.16 Å². The lowest BCUT2D eigenvalue weighted by Crippen LogP contribution is -1.84. The zero-order chi connectivity index (χ0) is 11.8. The van der Waals surface area contributed by atoms with Crippen LogP contribution in [0.5, 0.6) is 5.75 Å². The number of benzene rings is 1. The second kappa shape index (κ2) is 6.25. The van der Waals surface area contributed by atoms with Gasteiger partial charge in [0.1, 0.15) is 18.9 Å². The highest BCUT2D eigenvalue weighted by atomic mass is 16.6. The standard InChI is InChI=1S/C12H12N2O2/c1-15-12-5-3-10(4-6-12)7-11(8-13)9-14-16-2/h3-7,9H,1-2H3/b11-7-,14-9-. The number of ether oxygens (including phenoxy) is 1. The monoisotopic (exact) mass is 216 g/mol. The Labute approximate surface area is 94.4 Å². The fraction of sp³-hybridized carbons (Fsp3) is 0.167.